The van der Waals surface area contributed by atoms with E-state index in [0.717, 1.165) is 30.6 Å². The van der Waals surface area contributed by atoms with Crippen LogP contribution in [0.4, 0.5) is 5.69 Å². The van der Waals surface area contributed by atoms with Gasteiger partial charge in [0.25, 0.3) is 0 Å². The van der Waals surface area contributed by atoms with Crippen molar-refractivity contribution in [3.63, 3.8) is 0 Å². The molecule has 0 aromatic heterocycles. The zero-order valence-corrected chi connectivity index (χ0v) is 10.7. The second kappa shape index (κ2) is 5.25. The van der Waals surface area contributed by atoms with Crippen LogP contribution in [0.1, 0.15) is 18.4 Å². The molecule has 1 aliphatic carbocycles. The van der Waals surface area contributed by atoms with Gasteiger partial charge in [0.2, 0.25) is 0 Å². The third kappa shape index (κ3) is 2.73. The maximum atomic E-state index is 9.31. The van der Waals surface area contributed by atoms with Crippen LogP contribution in [0.25, 0.3) is 0 Å². The van der Waals surface area contributed by atoms with Crippen molar-refractivity contribution in [1.82, 2.24) is 0 Å². The summed E-state index contributed by atoms with van der Waals surface area (Å²) in [4.78, 5) is 2.07. The van der Waals surface area contributed by atoms with Gasteiger partial charge >= 0.3 is 0 Å². The Bertz CT molecular complexity index is 391. The highest BCUT2D eigenvalue weighted by atomic mass is 35.5. The lowest BCUT2D eigenvalue weighted by molar-refractivity contribution is 0.0464. The van der Waals surface area contributed by atoms with Crippen LogP contribution in [0.3, 0.4) is 0 Å². The molecule has 2 rings (SSSR count). The van der Waals surface area contributed by atoms with Crippen molar-refractivity contribution in [3.05, 3.63) is 28.8 Å². The van der Waals surface area contributed by atoms with Crippen LogP contribution in [-0.4, -0.2) is 29.9 Å². The molecule has 1 aromatic carbocycles. The lowest BCUT2D eigenvalue weighted by Crippen LogP contribution is -2.37. The molecule has 1 fully saturated rings. The van der Waals surface area contributed by atoms with E-state index in [1.54, 1.807) is 0 Å². The van der Waals surface area contributed by atoms with Gasteiger partial charge in [-0.05, 0) is 24.8 Å². The van der Waals surface area contributed by atoms with Crippen LogP contribution in [0.15, 0.2) is 18.2 Å². The van der Waals surface area contributed by atoms with Crippen molar-refractivity contribution in [3.8, 4) is 0 Å². The van der Waals surface area contributed by atoms with Gasteiger partial charge in [-0.25, -0.2) is 0 Å². The number of rotatable bonds is 4. The molecule has 17 heavy (non-hydrogen) atoms. The van der Waals surface area contributed by atoms with Gasteiger partial charge in [0.1, 0.15) is 0 Å². The average Bonchev–Trinajstić information content (AvgIpc) is 2.26. The topological polar surface area (TPSA) is 43.7 Å². The molecule has 1 aromatic rings. The fraction of sp³-hybridized carbons (Fsp3) is 0.538. The summed E-state index contributed by atoms with van der Waals surface area (Å²) in [6.45, 7) is 0.862. The molecule has 0 spiro atoms. The van der Waals surface area contributed by atoms with Crippen molar-refractivity contribution >= 4 is 17.3 Å². The summed E-state index contributed by atoms with van der Waals surface area (Å²) in [5.74, 6) is 0.526. The minimum absolute atomic E-state index is 0.00642. The first-order valence-corrected chi connectivity index (χ1v) is 6.27. The maximum Gasteiger partial charge on any atom is 0.0702 e. The molecule has 1 saturated carbocycles. The molecule has 0 atom stereocenters. The summed E-state index contributed by atoms with van der Waals surface area (Å²) in [6.07, 6.45) is 1.60. The number of aliphatic hydroxyl groups excluding tert-OH is 2. The van der Waals surface area contributed by atoms with E-state index in [2.05, 4.69) is 4.90 Å². The first kappa shape index (κ1) is 12.7. The summed E-state index contributed by atoms with van der Waals surface area (Å²) in [5.41, 5.74) is 1.75. The van der Waals surface area contributed by atoms with Gasteiger partial charge in [0.05, 0.1) is 23.4 Å². The Hall–Kier alpha value is -0.770. The fourth-order valence-corrected chi connectivity index (χ4v) is 2.78. The van der Waals surface area contributed by atoms with Gasteiger partial charge in [0, 0.05) is 19.2 Å². The summed E-state index contributed by atoms with van der Waals surface area (Å²) in [5, 5.41) is 19.3. The highest BCUT2D eigenvalue weighted by Gasteiger charge is 2.28. The van der Waals surface area contributed by atoms with Gasteiger partial charge in [0.15, 0.2) is 0 Å². The predicted octanol–water partition coefficient (Wildman–Crippen LogP) is 2.04. The van der Waals surface area contributed by atoms with Gasteiger partial charge < -0.3 is 15.1 Å². The number of para-hydroxylation sites is 1. The van der Waals surface area contributed by atoms with E-state index in [4.69, 9.17) is 11.6 Å². The van der Waals surface area contributed by atoms with Crippen molar-refractivity contribution < 1.29 is 10.2 Å². The molecule has 0 bridgehead atoms. The highest BCUT2D eigenvalue weighted by molar-refractivity contribution is 6.33. The summed E-state index contributed by atoms with van der Waals surface area (Å²) >= 11 is 6.17. The minimum Gasteiger partial charge on any atom is -0.393 e. The first-order valence-electron chi connectivity index (χ1n) is 5.89. The number of nitrogens with zero attached hydrogens (tertiary/aromatic N) is 1. The van der Waals surface area contributed by atoms with Crippen LogP contribution < -0.4 is 4.90 Å². The summed E-state index contributed by atoms with van der Waals surface area (Å²) in [6, 6.07) is 5.56. The predicted molar refractivity (Wildman–Crippen MR) is 69.4 cm³/mol. The quantitative estimate of drug-likeness (QED) is 0.865. The van der Waals surface area contributed by atoms with Crippen molar-refractivity contribution in [1.29, 1.82) is 0 Å². The Labute approximate surface area is 107 Å². The van der Waals surface area contributed by atoms with E-state index in [1.165, 1.54) is 0 Å². The number of benzene rings is 1. The molecule has 3 nitrogen and oxygen atoms in total. The zero-order valence-electron chi connectivity index (χ0n) is 9.93. The largest absolute Gasteiger partial charge is 0.393 e. The van der Waals surface area contributed by atoms with Crippen LogP contribution in [0.5, 0.6) is 0 Å². The van der Waals surface area contributed by atoms with E-state index in [9.17, 15) is 10.2 Å². The van der Waals surface area contributed by atoms with Gasteiger partial charge in [-0.3, -0.25) is 0 Å². The van der Waals surface area contributed by atoms with Gasteiger partial charge in [-0.2, -0.15) is 0 Å². The lowest BCUT2D eigenvalue weighted by atomic mass is 9.82. The van der Waals surface area contributed by atoms with Crippen LogP contribution in [-0.2, 0) is 6.61 Å². The SMILES string of the molecule is CN(CC1CC(O)C1)c1c(Cl)cccc1CO. The van der Waals surface area contributed by atoms with E-state index < -0.39 is 0 Å². The average molecular weight is 256 g/mol. The second-order valence-electron chi connectivity index (χ2n) is 4.78. The Morgan fingerprint density at radius 2 is 2.12 bits per heavy atom. The Morgan fingerprint density at radius 1 is 1.41 bits per heavy atom. The zero-order chi connectivity index (χ0) is 12.4. The van der Waals surface area contributed by atoms with Crippen LogP contribution in [0.2, 0.25) is 5.02 Å². The van der Waals surface area contributed by atoms with E-state index >= 15 is 0 Å². The van der Waals surface area contributed by atoms with Crippen LogP contribution >= 0.6 is 11.6 Å². The Morgan fingerprint density at radius 3 is 2.71 bits per heavy atom. The van der Waals surface area contributed by atoms with Crippen molar-refractivity contribution in [2.75, 3.05) is 18.5 Å². The van der Waals surface area contributed by atoms with E-state index in [0.29, 0.717) is 10.9 Å². The second-order valence-corrected chi connectivity index (χ2v) is 5.18. The molecule has 94 valence electrons. The number of hydrogen-bond acceptors (Lipinski definition) is 3. The number of hydrogen-bond donors (Lipinski definition) is 2. The number of aliphatic hydroxyl groups is 2. The molecule has 0 aliphatic heterocycles. The molecular formula is C13H18ClNO2. The third-order valence-corrected chi connectivity index (χ3v) is 3.67. The standard InChI is InChI=1S/C13H18ClNO2/c1-15(7-9-5-11(17)6-9)13-10(8-16)3-2-4-12(13)14/h2-4,9,11,16-17H,5-8H2,1H3. The van der Waals surface area contributed by atoms with Gasteiger partial charge in [-0.15, -0.1) is 0 Å². The molecule has 0 radical (unpaired) electrons. The molecule has 1 aliphatic rings. The molecule has 0 unspecified atom stereocenters. The summed E-state index contributed by atoms with van der Waals surface area (Å²) in [7, 11) is 1.98. The van der Waals surface area contributed by atoms with Gasteiger partial charge in [-0.1, -0.05) is 23.7 Å². The lowest BCUT2D eigenvalue weighted by Gasteiger charge is -2.36. The summed E-state index contributed by atoms with van der Waals surface area (Å²) < 4.78 is 0. The van der Waals surface area contributed by atoms with Crippen molar-refractivity contribution in [2.45, 2.75) is 25.6 Å². The molecule has 0 heterocycles. The molecule has 0 saturated heterocycles. The highest BCUT2D eigenvalue weighted by Crippen LogP contribution is 2.33. The number of anilines is 1. The monoisotopic (exact) mass is 255 g/mol. The third-order valence-electron chi connectivity index (χ3n) is 3.37. The Kier molecular flexibility index (Phi) is 3.92. The smallest absolute Gasteiger partial charge is 0.0702 e. The first-order chi connectivity index (χ1) is 8.11. The molecule has 2 N–H and O–H groups in total. The fourth-order valence-electron chi connectivity index (χ4n) is 2.44. The maximum absolute atomic E-state index is 9.31. The molecule has 0 amide bonds. The normalized spacial score (nSPS) is 23.3. The van der Waals surface area contributed by atoms with E-state index in [1.807, 2.05) is 25.2 Å². The molecule has 4 heteroatoms. The molecular weight excluding hydrogens is 238 g/mol. The van der Waals surface area contributed by atoms with Crippen molar-refractivity contribution in [2.24, 2.45) is 5.92 Å². The Balaban J connectivity index is 2.10. The number of halogens is 1. The van der Waals surface area contributed by atoms with Crippen LogP contribution in [0, 0.1) is 5.92 Å². The minimum atomic E-state index is -0.128. The van der Waals surface area contributed by atoms with E-state index in [-0.39, 0.29) is 12.7 Å².